The lowest BCUT2D eigenvalue weighted by Gasteiger charge is -2.25. The van der Waals surface area contributed by atoms with Crippen LogP contribution in [0.3, 0.4) is 0 Å². The molecule has 0 saturated carbocycles. The number of hydrogen-bond acceptors (Lipinski definition) is 1. The van der Waals surface area contributed by atoms with Crippen LogP contribution in [0, 0.1) is 0 Å². The van der Waals surface area contributed by atoms with Crippen LogP contribution in [0.15, 0.2) is 43.1 Å². The van der Waals surface area contributed by atoms with E-state index in [0.29, 0.717) is 10.9 Å². The second-order valence-corrected chi connectivity index (χ2v) is 3.61. The van der Waals surface area contributed by atoms with Crippen molar-refractivity contribution < 1.29 is 4.79 Å². The molecule has 1 fully saturated rings. The van der Waals surface area contributed by atoms with E-state index in [0.717, 1.165) is 18.7 Å². The minimum absolute atomic E-state index is 0.256. The molecule has 2 rings (SSSR count). The van der Waals surface area contributed by atoms with Gasteiger partial charge in [0, 0.05) is 18.6 Å². The monoisotopic (exact) mass is 188 g/mol. The van der Waals surface area contributed by atoms with Gasteiger partial charge in [0.15, 0.2) is 0 Å². The molecule has 1 atom stereocenters. The van der Waals surface area contributed by atoms with E-state index in [1.165, 1.54) is 0 Å². The van der Waals surface area contributed by atoms with Crippen LogP contribution >= 0.6 is 0 Å². The number of quaternary nitrogens is 1. The predicted molar refractivity (Wildman–Crippen MR) is 57.5 cm³/mol. The topological polar surface area (TPSA) is 17.1 Å². The van der Waals surface area contributed by atoms with Gasteiger partial charge in [-0.3, -0.25) is 0 Å². The van der Waals surface area contributed by atoms with Crippen LogP contribution in [0.2, 0.25) is 0 Å². The van der Waals surface area contributed by atoms with Gasteiger partial charge in [0.2, 0.25) is 0 Å². The summed E-state index contributed by atoms with van der Waals surface area (Å²) in [7, 11) is 0. The molecule has 1 saturated heterocycles. The van der Waals surface area contributed by atoms with Gasteiger partial charge in [0.1, 0.15) is 11.9 Å². The molecule has 14 heavy (non-hydrogen) atoms. The average Bonchev–Trinajstić information content (AvgIpc) is 2.62. The van der Waals surface area contributed by atoms with Crippen molar-refractivity contribution in [2.24, 2.45) is 0 Å². The summed E-state index contributed by atoms with van der Waals surface area (Å²) in [5, 5.41) is 0. The van der Waals surface area contributed by atoms with Crippen molar-refractivity contribution in [3.05, 3.63) is 43.1 Å². The van der Waals surface area contributed by atoms with Gasteiger partial charge in [-0.25, -0.2) is 9.28 Å². The van der Waals surface area contributed by atoms with E-state index in [9.17, 15) is 4.79 Å². The van der Waals surface area contributed by atoms with Crippen LogP contribution in [-0.4, -0.2) is 12.5 Å². The molecule has 0 aromatic heterocycles. The maximum Gasteiger partial charge on any atom is 0.323 e. The van der Waals surface area contributed by atoms with Crippen molar-refractivity contribution in [1.29, 1.82) is 0 Å². The first-order valence-corrected chi connectivity index (χ1v) is 4.90. The van der Waals surface area contributed by atoms with E-state index < -0.39 is 0 Å². The maximum absolute atomic E-state index is 11.8. The van der Waals surface area contributed by atoms with Crippen molar-refractivity contribution in [1.82, 2.24) is 4.48 Å². The number of likely N-dealkylation sites (tertiary alicyclic amines) is 1. The molecule has 1 heterocycles. The average molecular weight is 188 g/mol. The van der Waals surface area contributed by atoms with E-state index >= 15 is 0 Å². The number of hydrogen-bond donors (Lipinski definition) is 0. The molecule has 2 nitrogen and oxygen atoms in total. The summed E-state index contributed by atoms with van der Waals surface area (Å²) >= 11 is 0. The van der Waals surface area contributed by atoms with E-state index in [1.807, 2.05) is 30.3 Å². The Bertz CT molecular complexity index is 358. The van der Waals surface area contributed by atoms with Crippen LogP contribution in [0.4, 0.5) is 5.69 Å². The van der Waals surface area contributed by atoms with Gasteiger partial charge in [0.05, 0.1) is 13.0 Å². The summed E-state index contributed by atoms with van der Waals surface area (Å²) in [5.74, 6) is 0.256. The molecule has 0 N–H and O–H groups in total. The summed E-state index contributed by atoms with van der Waals surface area (Å²) in [4.78, 5) is 11.8. The Kier molecular flexibility index (Phi) is 2.22. The number of benzene rings is 1. The Morgan fingerprint density at radius 1 is 1.29 bits per heavy atom. The summed E-state index contributed by atoms with van der Waals surface area (Å²) in [6.07, 6.45) is 3.38. The Morgan fingerprint density at radius 2 is 2.00 bits per heavy atom. The number of carbonyl (C=O) groups is 1. The van der Waals surface area contributed by atoms with Gasteiger partial charge in [-0.05, 0) is 6.58 Å². The second kappa shape index (κ2) is 3.39. The van der Waals surface area contributed by atoms with Gasteiger partial charge in [0.25, 0.3) is 0 Å². The first-order valence-electron chi connectivity index (χ1n) is 4.90. The third-order valence-corrected chi connectivity index (χ3v) is 2.88. The summed E-state index contributed by atoms with van der Waals surface area (Å²) in [6, 6.07) is 9.87. The Labute approximate surface area is 84.1 Å². The SMILES string of the molecule is C=C[N+]1(c2ccccc2)CCCC1=O. The molecule has 1 amide bonds. The summed E-state index contributed by atoms with van der Waals surface area (Å²) in [6.45, 7) is 4.65. The molecule has 1 unspecified atom stereocenters. The zero-order chi connectivity index (χ0) is 10.0. The van der Waals surface area contributed by atoms with Crippen molar-refractivity contribution in [3.63, 3.8) is 0 Å². The molecule has 0 bridgehead atoms. The molecular weight excluding hydrogens is 174 g/mol. The molecule has 1 aromatic rings. The van der Waals surface area contributed by atoms with Crippen molar-refractivity contribution in [2.45, 2.75) is 12.8 Å². The third kappa shape index (κ3) is 1.19. The van der Waals surface area contributed by atoms with Gasteiger partial charge < -0.3 is 0 Å². The Morgan fingerprint density at radius 3 is 2.50 bits per heavy atom. The molecule has 1 aliphatic rings. The Hall–Kier alpha value is -1.41. The first-order chi connectivity index (χ1) is 6.79. The number of para-hydroxylation sites is 1. The van der Waals surface area contributed by atoms with E-state index in [4.69, 9.17) is 0 Å². The van der Waals surface area contributed by atoms with E-state index in [2.05, 4.69) is 6.58 Å². The first kappa shape index (κ1) is 9.16. The van der Waals surface area contributed by atoms with Crippen LogP contribution in [0.1, 0.15) is 12.8 Å². The molecular formula is C12H14NO+. The van der Waals surface area contributed by atoms with Gasteiger partial charge in [-0.1, -0.05) is 18.2 Å². The fourth-order valence-electron chi connectivity index (χ4n) is 2.07. The highest BCUT2D eigenvalue weighted by molar-refractivity contribution is 5.91. The summed E-state index contributed by atoms with van der Waals surface area (Å²) < 4.78 is 0.320. The molecule has 1 aromatic carbocycles. The number of amides is 1. The smallest absolute Gasteiger partial charge is 0.230 e. The van der Waals surface area contributed by atoms with Crippen molar-refractivity contribution in [3.8, 4) is 0 Å². The number of nitrogens with zero attached hydrogens (tertiary/aromatic N) is 1. The van der Waals surface area contributed by atoms with Gasteiger partial charge in [-0.15, -0.1) is 0 Å². The van der Waals surface area contributed by atoms with Crippen molar-refractivity contribution in [2.75, 3.05) is 6.54 Å². The minimum atomic E-state index is 0.256. The zero-order valence-corrected chi connectivity index (χ0v) is 8.15. The van der Waals surface area contributed by atoms with Gasteiger partial charge in [-0.2, -0.15) is 0 Å². The lowest BCUT2D eigenvalue weighted by molar-refractivity contribution is -0.125. The lowest BCUT2D eigenvalue weighted by Crippen LogP contribution is -2.44. The summed E-state index contributed by atoms with van der Waals surface area (Å²) in [5.41, 5.74) is 1.03. The minimum Gasteiger partial charge on any atom is -0.230 e. The van der Waals surface area contributed by atoms with Crippen LogP contribution in [0.25, 0.3) is 0 Å². The fourth-order valence-corrected chi connectivity index (χ4v) is 2.07. The third-order valence-electron chi connectivity index (χ3n) is 2.88. The molecule has 0 radical (unpaired) electrons. The van der Waals surface area contributed by atoms with Crippen LogP contribution in [-0.2, 0) is 4.79 Å². The standard InChI is InChI=1S/C12H14NO/c1-2-13(10-6-9-12(13)14)11-7-4-3-5-8-11/h2-5,7-8H,1,6,9-10H2/q+1. The largest absolute Gasteiger partial charge is 0.323 e. The van der Waals surface area contributed by atoms with Crippen molar-refractivity contribution >= 4 is 11.6 Å². The zero-order valence-electron chi connectivity index (χ0n) is 8.15. The molecule has 0 spiro atoms. The van der Waals surface area contributed by atoms with Crippen LogP contribution < -0.4 is 4.48 Å². The highest BCUT2D eigenvalue weighted by Gasteiger charge is 2.41. The van der Waals surface area contributed by atoms with E-state index in [1.54, 1.807) is 6.20 Å². The lowest BCUT2D eigenvalue weighted by atomic mass is 10.2. The number of carbonyl (C=O) groups excluding carboxylic acids is 1. The number of rotatable bonds is 2. The quantitative estimate of drug-likeness (QED) is 0.651. The fraction of sp³-hybridized carbons (Fsp3) is 0.250. The van der Waals surface area contributed by atoms with Gasteiger partial charge >= 0.3 is 5.91 Å². The highest BCUT2D eigenvalue weighted by atomic mass is 16.2. The maximum atomic E-state index is 11.8. The molecule has 2 heteroatoms. The Balaban J connectivity index is 2.48. The predicted octanol–water partition coefficient (Wildman–Crippen LogP) is 2.46. The molecule has 0 aliphatic carbocycles. The highest BCUT2D eigenvalue weighted by Crippen LogP contribution is 2.30. The normalized spacial score (nSPS) is 26.4. The molecule has 72 valence electrons. The molecule has 1 aliphatic heterocycles. The van der Waals surface area contributed by atoms with Crippen LogP contribution in [0.5, 0.6) is 0 Å². The second-order valence-electron chi connectivity index (χ2n) is 3.61. The van der Waals surface area contributed by atoms with E-state index in [-0.39, 0.29) is 5.91 Å².